The summed E-state index contributed by atoms with van der Waals surface area (Å²) in [5.74, 6) is 0.405. The second-order valence-electron chi connectivity index (χ2n) is 6.19. The number of benzene rings is 1. The summed E-state index contributed by atoms with van der Waals surface area (Å²) >= 11 is 3.62. The molecule has 0 atom stereocenters. The largest absolute Gasteiger partial charge is 0.506 e. The van der Waals surface area contributed by atoms with E-state index in [0.717, 1.165) is 35.7 Å². The molecule has 1 fully saturated rings. The lowest BCUT2D eigenvalue weighted by atomic mass is 9.79. The zero-order valence-electron chi connectivity index (χ0n) is 11.6. The molecule has 1 aromatic rings. The Morgan fingerprint density at radius 2 is 1.63 bits per heavy atom. The first-order valence-corrected chi connectivity index (χ1v) is 8.16. The van der Waals surface area contributed by atoms with E-state index in [4.69, 9.17) is 5.73 Å². The Balaban J connectivity index is 2.22. The SMILES string of the molecule is Cc1c2c(c(Br)c(O)c1C1(N)CCCC1)CCCC2. The molecule has 3 N–H and O–H groups in total. The first-order chi connectivity index (χ1) is 9.04. The summed E-state index contributed by atoms with van der Waals surface area (Å²) in [4.78, 5) is 0. The number of rotatable bonds is 1. The van der Waals surface area contributed by atoms with Gasteiger partial charge >= 0.3 is 0 Å². The van der Waals surface area contributed by atoms with Crippen molar-refractivity contribution < 1.29 is 5.11 Å². The lowest BCUT2D eigenvalue weighted by Gasteiger charge is -2.31. The van der Waals surface area contributed by atoms with Crippen LogP contribution in [0.15, 0.2) is 4.47 Å². The zero-order valence-corrected chi connectivity index (χ0v) is 13.1. The molecule has 0 saturated heterocycles. The molecule has 0 spiro atoms. The Kier molecular flexibility index (Phi) is 3.38. The predicted molar refractivity (Wildman–Crippen MR) is 81.5 cm³/mol. The van der Waals surface area contributed by atoms with E-state index in [-0.39, 0.29) is 5.54 Å². The summed E-state index contributed by atoms with van der Waals surface area (Å²) < 4.78 is 0.902. The maximum atomic E-state index is 10.6. The molecule has 0 heterocycles. The Morgan fingerprint density at radius 3 is 2.26 bits per heavy atom. The maximum Gasteiger partial charge on any atom is 0.135 e. The van der Waals surface area contributed by atoms with Gasteiger partial charge in [-0.05, 0) is 78.1 Å². The molecule has 19 heavy (non-hydrogen) atoms. The second-order valence-corrected chi connectivity index (χ2v) is 6.98. The molecule has 1 aromatic carbocycles. The molecule has 0 aliphatic heterocycles. The van der Waals surface area contributed by atoms with E-state index in [1.54, 1.807) is 0 Å². The number of hydrogen-bond acceptors (Lipinski definition) is 2. The molecule has 0 radical (unpaired) electrons. The number of phenols is 1. The van der Waals surface area contributed by atoms with Crippen LogP contribution in [0.1, 0.15) is 60.8 Å². The highest BCUT2D eigenvalue weighted by atomic mass is 79.9. The first-order valence-electron chi connectivity index (χ1n) is 7.37. The van der Waals surface area contributed by atoms with Gasteiger partial charge in [0.25, 0.3) is 0 Å². The van der Waals surface area contributed by atoms with Crippen molar-refractivity contribution in [2.24, 2.45) is 5.73 Å². The fourth-order valence-electron chi connectivity index (χ4n) is 4.01. The van der Waals surface area contributed by atoms with Crippen LogP contribution in [0.3, 0.4) is 0 Å². The number of phenolic OH excluding ortho intramolecular Hbond substituents is 1. The molecule has 1 saturated carbocycles. The van der Waals surface area contributed by atoms with Crippen LogP contribution in [0.25, 0.3) is 0 Å². The molecule has 0 unspecified atom stereocenters. The summed E-state index contributed by atoms with van der Waals surface area (Å²) in [5.41, 5.74) is 11.3. The molecule has 0 amide bonds. The molecule has 104 valence electrons. The van der Waals surface area contributed by atoms with Gasteiger partial charge in [-0.1, -0.05) is 12.8 Å². The molecule has 0 aromatic heterocycles. The third-order valence-corrected chi connectivity index (χ3v) is 5.85. The predicted octanol–water partition coefficient (Wildman–Crippen LogP) is 4.07. The second kappa shape index (κ2) is 4.78. The van der Waals surface area contributed by atoms with Crippen LogP contribution in [0, 0.1) is 6.92 Å². The average Bonchev–Trinajstić information content (AvgIpc) is 2.84. The van der Waals surface area contributed by atoms with E-state index in [1.165, 1.54) is 42.4 Å². The van der Waals surface area contributed by atoms with Gasteiger partial charge in [0.15, 0.2) is 0 Å². The third-order valence-electron chi connectivity index (χ3n) is 5.00. The van der Waals surface area contributed by atoms with Crippen LogP contribution in [-0.4, -0.2) is 5.11 Å². The average molecular weight is 324 g/mol. The highest BCUT2D eigenvalue weighted by molar-refractivity contribution is 9.10. The highest BCUT2D eigenvalue weighted by Gasteiger charge is 2.37. The number of aromatic hydroxyl groups is 1. The lowest BCUT2D eigenvalue weighted by molar-refractivity contribution is 0.402. The Hall–Kier alpha value is -0.540. The fraction of sp³-hybridized carbons (Fsp3) is 0.625. The molecular formula is C16H22BrNO. The van der Waals surface area contributed by atoms with Crippen LogP contribution in [0.5, 0.6) is 5.75 Å². The summed E-state index contributed by atoms with van der Waals surface area (Å²) in [5, 5.41) is 10.6. The van der Waals surface area contributed by atoms with Gasteiger partial charge in [-0.3, -0.25) is 0 Å². The van der Waals surface area contributed by atoms with Crippen molar-refractivity contribution in [1.29, 1.82) is 0 Å². The minimum absolute atomic E-state index is 0.316. The van der Waals surface area contributed by atoms with E-state index in [0.29, 0.717) is 5.75 Å². The van der Waals surface area contributed by atoms with Gasteiger partial charge in [0.1, 0.15) is 5.75 Å². The minimum atomic E-state index is -0.316. The molecule has 0 bridgehead atoms. The van der Waals surface area contributed by atoms with Crippen LogP contribution in [-0.2, 0) is 18.4 Å². The van der Waals surface area contributed by atoms with Crippen LogP contribution >= 0.6 is 15.9 Å². The van der Waals surface area contributed by atoms with Gasteiger partial charge in [-0.25, -0.2) is 0 Å². The standard InChI is InChI=1S/C16H22BrNO/c1-10-11-6-2-3-7-12(11)14(17)15(19)13(10)16(18)8-4-5-9-16/h19H,2-9,18H2,1H3. The van der Waals surface area contributed by atoms with Crippen molar-refractivity contribution in [3.63, 3.8) is 0 Å². The zero-order chi connectivity index (χ0) is 13.6. The quantitative estimate of drug-likeness (QED) is 0.818. The minimum Gasteiger partial charge on any atom is -0.506 e. The number of hydrogen-bond donors (Lipinski definition) is 2. The molecular weight excluding hydrogens is 302 g/mol. The van der Waals surface area contributed by atoms with E-state index >= 15 is 0 Å². The van der Waals surface area contributed by atoms with Gasteiger partial charge in [-0.15, -0.1) is 0 Å². The van der Waals surface area contributed by atoms with Crippen LogP contribution in [0.2, 0.25) is 0 Å². The van der Waals surface area contributed by atoms with Crippen molar-refractivity contribution in [2.45, 2.75) is 63.8 Å². The summed E-state index contributed by atoms with van der Waals surface area (Å²) in [7, 11) is 0. The summed E-state index contributed by atoms with van der Waals surface area (Å²) in [6.07, 6.45) is 9.00. The van der Waals surface area contributed by atoms with Crippen molar-refractivity contribution in [2.75, 3.05) is 0 Å². The van der Waals surface area contributed by atoms with Crippen molar-refractivity contribution in [3.8, 4) is 5.75 Å². The topological polar surface area (TPSA) is 46.2 Å². The van der Waals surface area contributed by atoms with Crippen molar-refractivity contribution in [1.82, 2.24) is 0 Å². The number of fused-ring (bicyclic) bond motifs is 1. The summed E-state index contributed by atoms with van der Waals surface area (Å²) in [6.45, 7) is 2.15. The van der Waals surface area contributed by atoms with Gasteiger partial charge in [0.05, 0.1) is 4.47 Å². The molecule has 2 aliphatic rings. The Morgan fingerprint density at radius 1 is 1.05 bits per heavy atom. The third kappa shape index (κ3) is 2.02. The highest BCUT2D eigenvalue weighted by Crippen LogP contribution is 2.48. The fourth-order valence-corrected chi connectivity index (χ4v) is 4.64. The lowest BCUT2D eigenvalue weighted by Crippen LogP contribution is -2.34. The number of halogens is 1. The van der Waals surface area contributed by atoms with Gasteiger partial charge < -0.3 is 10.8 Å². The molecule has 3 heteroatoms. The van der Waals surface area contributed by atoms with E-state index in [1.807, 2.05) is 0 Å². The van der Waals surface area contributed by atoms with Crippen LogP contribution in [0.4, 0.5) is 0 Å². The monoisotopic (exact) mass is 323 g/mol. The molecule has 3 rings (SSSR count). The first kappa shape index (κ1) is 13.4. The number of nitrogens with two attached hydrogens (primary N) is 1. The van der Waals surface area contributed by atoms with E-state index in [9.17, 15) is 5.11 Å². The maximum absolute atomic E-state index is 10.6. The molecule has 2 nitrogen and oxygen atoms in total. The summed E-state index contributed by atoms with van der Waals surface area (Å²) in [6, 6.07) is 0. The molecule has 2 aliphatic carbocycles. The Labute approximate surface area is 123 Å². The van der Waals surface area contributed by atoms with E-state index < -0.39 is 0 Å². The normalized spacial score (nSPS) is 21.4. The smallest absolute Gasteiger partial charge is 0.135 e. The Bertz CT molecular complexity index is 518. The van der Waals surface area contributed by atoms with Crippen LogP contribution < -0.4 is 5.73 Å². The van der Waals surface area contributed by atoms with Crippen molar-refractivity contribution >= 4 is 15.9 Å². The van der Waals surface area contributed by atoms with Gasteiger partial charge in [-0.2, -0.15) is 0 Å². The van der Waals surface area contributed by atoms with Crippen molar-refractivity contribution in [3.05, 3.63) is 26.7 Å². The van der Waals surface area contributed by atoms with Gasteiger partial charge in [0.2, 0.25) is 0 Å². The van der Waals surface area contributed by atoms with Gasteiger partial charge in [0, 0.05) is 11.1 Å². The van der Waals surface area contributed by atoms with E-state index in [2.05, 4.69) is 22.9 Å².